The quantitative estimate of drug-likeness (QED) is 0.794. The van der Waals surface area contributed by atoms with Crippen molar-refractivity contribution in [2.24, 2.45) is 0 Å². The number of hydrogen-bond acceptors (Lipinski definition) is 5. The Bertz CT molecular complexity index is 484. The molecule has 1 atom stereocenters. The van der Waals surface area contributed by atoms with Crippen LogP contribution in [0.15, 0.2) is 15.1 Å². The fraction of sp³-hybridized carbons (Fsp3) is 0.167. The molecule has 0 bridgehead atoms. The van der Waals surface area contributed by atoms with Crippen molar-refractivity contribution in [3.05, 3.63) is 10.8 Å². The zero-order valence-electron chi connectivity index (χ0n) is 6.52. The second-order valence-electron chi connectivity index (χ2n) is 2.26. The van der Waals surface area contributed by atoms with E-state index in [1.165, 1.54) is 11.3 Å². The molecule has 2 aromatic rings. The lowest BCUT2D eigenvalue weighted by Crippen LogP contribution is -1.84. The molecule has 0 amide bonds. The van der Waals surface area contributed by atoms with Gasteiger partial charge in [-0.1, -0.05) is 11.3 Å². The van der Waals surface area contributed by atoms with E-state index >= 15 is 0 Å². The number of aromatic nitrogens is 3. The summed E-state index contributed by atoms with van der Waals surface area (Å²) in [5, 5.41) is 0. The number of halogens is 1. The van der Waals surface area contributed by atoms with Crippen molar-refractivity contribution in [2.75, 3.05) is 6.26 Å². The van der Waals surface area contributed by atoms with Gasteiger partial charge in [-0.15, -0.1) is 0 Å². The second kappa shape index (κ2) is 3.39. The molecule has 0 fully saturated rings. The molecule has 0 aliphatic carbocycles. The van der Waals surface area contributed by atoms with Crippen LogP contribution in [-0.4, -0.2) is 25.4 Å². The summed E-state index contributed by atoms with van der Waals surface area (Å²) in [5.74, 6) is 0. The predicted octanol–water partition coefficient (Wildman–Crippen LogP) is 1.59. The van der Waals surface area contributed by atoms with Gasteiger partial charge >= 0.3 is 0 Å². The molecule has 68 valence electrons. The maximum atomic E-state index is 11.1. The number of fused-ring (bicyclic) bond motifs is 1. The van der Waals surface area contributed by atoms with E-state index in [4.69, 9.17) is 0 Å². The molecule has 13 heavy (non-hydrogen) atoms. The molecule has 0 saturated heterocycles. The van der Waals surface area contributed by atoms with Gasteiger partial charge in [-0.25, -0.2) is 15.0 Å². The molecular weight excluding hydrogens is 274 g/mol. The normalized spacial score (nSPS) is 13.4. The summed E-state index contributed by atoms with van der Waals surface area (Å²) in [4.78, 5) is 13.0. The third-order valence-corrected chi connectivity index (χ3v) is 3.97. The summed E-state index contributed by atoms with van der Waals surface area (Å²) in [7, 11) is -1.06. The Morgan fingerprint density at radius 1 is 1.54 bits per heavy atom. The van der Waals surface area contributed by atoms with E-state index in [2.05, 4.69) is 30.9 Å². The monoisotopic (exact) mass is 277 g/mol. The molecule has 7 heteroatoms. The Morgan fingerprint density at radius 3 is 3.00 bits per heavy atom. The molecule has 2 rings (SSSR count). The van der Waals surface area contributed by atoms with Crippen LogP contribution in [0.3, 0.4) is 0 Å². The predicted molar refractivity (Wildman–Crippen MR) is 55.2 cm³/mol. The van der Waals surface area contributed by atoms with Gasteiger partial charge in [0.05, 0.1) is 17.0 Å². The summed E-state index contributed by atoms with van der Waals surface area (Å²) < 4.78 is 12.3. The van der Waals surface area contributed by atoms with Crippen LogP contribution in [0.25, 0.3) is 10.5 Å². The van der Waals surface area contributed by atoms with Crippen LogP contribution >= 0.6 is 27.3 Å². The topological polar surface area (TPSA) is 55.7 Å². The van der Waals surface area contributed by atoms with Crippen molar-refractivity contribution in [3.8, 4) is 0 Å². The first-order valence-electron chi connectivity index (χ1n) is 3.29. The molecule has 2 heterocycles. The Morgan fingerprint density at radius 2 is 2.31 bits per heavy atom. The van der Waals surface area contributed by atoms with Gasteiger partial charge in [0.15, 0.2) is 14.8 Å². The Balaban J connectivity index is 2.68. The minimum Gasteiger partial charge on any atom is -0.252 e. The summed E-state index contributed by atoms with van der Waals surface area (Å²) in [6, 6.07) is 0. The number of rotatable bonds is 1. The van der Waals surface area contributed by atoms with Gasteiger partial charge in [0, 0.05) is 6.26 Å². The van der Waals surface area contributed by atoms with Gasteiger partial charge in [-0.3, -0.25) is 4.21 Å². The maximum absolute atomic E-state index is 11.1. The molecule has 0 aliphatic heterocycles. The first-order chi connectivity index (χ1) is 6.16. The Labute approximate surface area is 89.0 Å². The SMILES string of the molecule is CS(=O)c1nc2ncc(Br)nc2s1. The van der Waals surface area contributed by atoms with Crippen molar-refractivity contribution >= 4 is 48.5 Å². The van der Waals surface area contributed by atoms with Crippen LogP contribution in [-0.2, 0) is 10.8 Å². The maximum Gasteiger partial charge on any atom is 0.190 e. The first-order valence-corrected chi connectivity index (χ1v) is 6.46. The zero-order chi connectivity index (χ0) is 9.42. The smallest absolute Gasteiger partial charge is 0.190 e. The van der Waals surface area contributed by atoms with Crippen molar-refractivity contribution in [2.45, 2.75) is 4.34 Å². The number of nitrogens with zero attached hydrogens (tertiary/aromatic N) is 3. The van der Waals surface area contributed by atoms with Crippen LogP contribution in [0.4, 0.5) is 0 Å². The third kappa shape index (κ3) is 1.77. The summed E-state index contributed by atoms with van der Waals surface area (Å²) in [6.45, 7) is 0. The molecule has 0 aromatic carbocycles. The molecule has 4 nitrogen and oxygen atoms in total. The standard InChI is InChI=1S/C6H4BrN3OS2/c1-13(11)6-10-4-5(12-6)9-3(7)2-8-4/h2H,1H3. The largest absolute Gasteiger partial charge is 0.252 e. The van der Waals surface area contributed by atoms with Crippen molar-refractivity contribution < 1.29 is 4.21 Å². The summed E-state index contributed by atoms with van der Waals surface area (Å²) >= 11 is 4.51. The van der Waals surface area contributed by atoms with Crippen molar-refractivity contribution in [3.63, 3.8) is 0 Å². The second-order valence-corrected chi connectivity index (χ2v) is 5.60. The van der Waals surface area contributed by atoms with Gasteiger partial charge in [0.25, 0.3) is 0 Å². The van der Waals surface area contributed by atoms with Gasteiger partial charge in [-0.2, -0.15) is 0 Å². The zero-order valence-corrected chi connectivity index (χ0v) is 9.74. The molecule has 1 unspecified atom stereocenters. The van der Waals surface area contributed by atoms with Gasteiger partial charge in [-0.05, 0) is 15.9 Å². The molecule has 0 N–H and O–H groups in total. The third-order valence-electron chi connectivity index (χ3n) is 1.32. The van der Waals surface area contributed by atoms with E-state index in [-0.39, 0.29) is 0 Å². The van der Waals surface area contributed by atoms with E-state index in [0.29, 0.717) is 19.4 Å². The average molecular weight is 278 g/mol. The van der Waals surface area contributed by atoms with E-state index < -0.39 is 10.8 Å². The van der Waals surface area contributed by atoms with Crippen molar-refractivity contribution in [1.29, 1.82) is 0 Å². The molecule has 2 aromatic heterocycles. The highest BCUT2D eigenvalue weighted by atomic mass is 79.9. The molecule has 0 aliphatic rings. The van der Waals surface area contributed by atoms with Crippen LogP contribution < -0.4 is 0 Å². The van der Waals surface area contributed by atoms with Crippen molar-refractivity contribution in [1.82, 2.24) is 15.0 Å². The molecule has 0 saturated carbocycles. The van der Waals surface area contributed by atoms with Crippen LogP contribution in [0, 0.1) is 0 Å². The average Bonchev–Trinajstić information content (AvgIpc) is 2.46. The highest BCUT2D eigenvalue weighted by molar-refractivity contribution is 9.10. The van der Waals surface area contributed by atoms with Crippen LogP contribution in [0.2, 0.25) is 0 Å². The minimum absolute atomic E-state index is 0.554. The highest BCUT2D eigenvalue weighted by Crippen LogP contribution is 2.21. The van der Waals surface area contributed by atoms with Gasteiger partial charge in [0.2, 0.25) is 0 Å². The Hall–Kier alpha value is -0.400. The van der Waals surface area contributed by atoms with Crippen LogP contribution in [0.5, 0.6) is 0 Å². The number of hydrogen-bond donors (Lipinski definition) is 0. The fourth-order valence-corrected chi connectivity index (χ4v) is 2.76. The lowest BCUT2D eigenvalue weighted by Gasteiger charge is -1.85. The van der Waals surface area contributed by atoms with E-state index in [1.54, 1.807) is 12.5 Å². The molecule has 0 spiro atoms. The van der Waals surface area contributed by atoms with E-state index in [9.17, 15) is 4.21 Å². The fourth-order valence-electron chi connectivity index (χ4n) is 0.806. The number of thiazole rings is 1. The van der Waals surface area contributed by atoms with E-state index in [0.717, 1.165) is 0 Å². The summed E-state index contributed by atoms with van der Waals surface area (Å²) in [6.07, 6.45) is 3.16. The first kappa shape index (κ1) is 9.17. The van der Waals surface area contributed by atoms with E-state index in [1.807, 2.05) is 0 Å². The lowest BCUT2D eigenvalue weighted by molar-refractivity contribution is 0.686. The van der Waals surface area contributed by atoms with Crippen LogP contribution in [0.1, 0.15) is 0 Å². The van der Waals surface area contributed by atoms with Gasteiger partial charge in [0.1, 0.15) is 4.60 Å². The minimum atomic E-state index is -1.06. The highest BCUT2D eigenvalue weighted by Gasteiger charge is 2.08. The van der Waals surface area contributed by atoms with Gasteiger partial charge < -0.3 is 0 Å². The lowest BCUT2D eigenvalue weighted by atomic mass is 10.7. The molecule has 0 radical (unpaired) electrons. The summed E-state index contributed by atoms with van der Waals surface area (Å²) in [5.41, 5.74) is 0.554. The Kier molecular flexibility index (Phi) is 2.39. The molecular formula is C6H4BrN3OS2.